The number of carbonyl (C=O) groups excluding carboxylic acids is 1. The van der Waals surface area contributed by atoms with Crippen molar-refractivity contribution in [1.29, 1.82) is 0 Å². The van der Waals surface area contributed by atoms with Gasteiger partial charge in [0.1, 0.15) is 0 Å². The second-order valence-electron chi connectivity index (χ2n) is 5.81. The molecule has 2 heteroatoms. The molecule has 1 atom stereocenters. The molecule has 2 nitrogen and oxygen atoms in total. The van der Waals surface area contributed by atoms with E-state index in [2.05, 4.69) is 26.1 Å². The molecule has 0 aliphatic carbocycles. The third-order valence-electron chi connectivity index (χ3n) is 2.33. The molecule has 78 valence electrons. The average molecular weight is 185 g/mol. The largest absolute Gasteiger partial charge is 0.353 e. The number of hydrogen-bond donors (Lipinski definition) is 1. The van der Waals surface area contributed by atoms with Crippen LogP contribution in [0.25, 0.3) is 0 Å². The molecule has 0 aromatic heterocycles. The van der Waals surface area contributed by atoms with E-state index in [-0.39, 0.29) is 22.8 Å². The first-order valence-corrected chi connectivity index (χ1v) is 4.86. The first-order chi connectivity index (χ1) is 5.55. The minimum atomic E-state index is -0.292. The van der Waals surface area contributed by atoms with Gasteiger partial charge < -0.3 is 5.32 Å². The van der Waals surface area contributed by atoms with Crippen LogP contribution in [-0.4, -0.2) is 11.9 Å². The zero-order valence-corrected chi connectivity index (χ0v) is 9.99. The van der Waals surface area contributed by atoms with Gasteiger partial charge in [-0.25, -0.2) is 0 Å². The van der Waals surface area contributed by atoms with Gasteiger partial charge in [0.05, 0.1) is 0 Å². The highest BCUT2D eigenvalue weighted by atomic mass is 16.2. The van der Waals surface area contributed by atoms with Crippen molar-refractivity contribution in [3.05, 3.63) is 0 Å². The first kappa shape index (κ1) is 12.5. The fourth-order valence-corrected chi connectivity index (χ4v) is 0.630. The molecule has 0 bridgehead atoms. The van der Waals surface area contributed by atoms with Gasteiger partial charge in [0.15, 0.2) is 0 Å². The Balaban J connectivity index is 4.24. The molecule has 0 saturated heterocycles. The van der Waals surface area contributed by atoms with Crippen LogP contribution in [0.3, 0.4) is 0 Å². The number of amides is 1. The summed E-state index contributed by atoms with van der Waals surface area (Å²) in [5, 5.41) is 3.02. The fraction of sp³-hybridized carbons (Fsp3) is 0.909. The van der Waals surface area contributed by atoms with E-state index >= 15 is 0 Å². The van der Waals surface area contributed by atoms with Crippen molar-refractivity contribution < 1.29 is 4.79 Å². The summed E-state index contributed by atoms with van der Waals surface area (Å²) < 4.78 is 0. The van der Waals surface area contributed by atoms with E-state index in [4.69, 9.17) is 0 Å². The SMILES string of the molecule is C[C@@H](NC(=O)C(C)(C)C)C(C)(C)C. The van der Waals surface area contributed by atoms with Crippen LogP contribution in [-0.2, 0) is 4.79 Å². The summed E-state index contributed by atoms with van der Waals surface area (Å²) in [6.07, 6.45) is 0. The number of hydrogen-bond acceptors (Lipinski definition) is 1. The quantitative estimate of drug-likeness (QED) is 0.668. The Labute approximate surface area is 82.1 Å². The maximum atomic E-state index is 11.6. The van der Waals surface area contributed by atoms with E-state index in [0.717, 1.165) is 0 Å². The van der Waals surface area contributed by atoms with Crippen molar-refractivity contribution in [2.45, 2.75) is 54.5 Å². The maximum absolute atomic E-state index is 11.6. The molecule has 0 saturated carbocycles. The van der Waals surface area contributed by atoms with Gasteiger partial charge in [-0.15, -0.1) is 0 Å². The van der Waals surface area contributed by atoms with Crippen molar-refractivity contribution in [3.63, 3.8) is 0 Å². The highest BCUT2D eigenvalue weighted by Crippen LogP contribution is 2.20. The van der Waals surface area contributed by atoms with Crippen LogP contribution in [0.15, 0.2) is 0 Å². The Bertz CT molecular complexity index is 183. The first-order valence-electron chi connectivity index (χ1n) is 4.86. The predicted molar refractivity (Wildman–Crippen MR) is 56.5 cm³/mol. The lowest BCUT2D eigenvalue weighted by atomic mass is 9.86. The normalized spacial score (nSPS) is 15.3. The molecule has 0 aliphatic rings. The van der Waals surface area contributed by atoms with Crippen LogP contribution in [0.1, 0.15) is 48.5 Å². The zero-order chi connectivity index (χ0) is 10.9. The van der Waals surface area contributed by atoms with Crippen LogP contribution in [0.5, 0.6) is 0 Å². The van der Waals surface area contributed by atoms with E-state index in [1.54, 1.807) is 0 Å². The summed E-state index contributed by atoms with van der Waals surface area (Å²) in [6, 6.07) is 0.208. The molecule has 0 rings (SSSR count). The molecule has 0 fully saturated rings. The van der Waals surface area contributed by atoms with Crippen LogP contribution >= 0.6 is 0 Å². The van der Waals surface area contributed by atoms with E-state index in [1.165, 1.54) is 0 Å². The lowest BCUT2D eigenvalue weighted by Gasteiger charge is -2.30. The molecule has 0 radical (unpaired) electrons. The molecular formula is C11H23NO. The summed E-state index contributed by atoms with van der Waals surface area (Å²) in [7, 11) is 0. The topological polar surface area (TPSA) is 29.1 Å². The van der Waals surface area contributed by atoms with Gasteiger partial charge >= 0.3 is 0 Å². The number of rotatable bonds is 1. The van der Waals surface area contributed by atoms with Gasteiger partial charge in [0.25, 0.3) is 0 Å². The van der Waals surface area contributed by atoms with Gasteiger partial charge in [-0.05, 0) is 12.3 Å². The van der Waals surface area contributed by atoms with Crippen molar-refractivity contribution in [2.75, 3.05) is 0 Å². The third kappa shape index (κ3) is 4.30. The summed E-state index contributed by atoms with van der Waals surface area (Å²) in [4.78, 5) is 11.6. The molecule has 0 heterocycles. The molecule has 0 spiro atoms. The predicted octanol–water partition coefficient (Wildman–Crippen LogP) is 2.58. The highest BCUT2D eigenvalue weighted by molar-refractivity contribution is 5.81. The third-order valence-corrected chi connectivity index (χ3v) is 2.33. The minimum Gasteiger partial charge on any atom is -0.353 e. The number of nitrogens with one attached hydrogen (secondary N) is 1. The molecule has 0 aliphatic heterocycles. The monoisotopic (exact) mass is 185 g/mol. The number of carbonyl (C=O) groups is 1. The van der Waals surface area contributed by atoms with Crippen LogP contribution in [0, 0.1) is 10.8 Å². The summed E-state index contributed by atoms with van der Waals surface area (Å²) in [5.74, 6) is 0.120. The smallest absolute Gasteiger partial charge is 0.225 e. The molecule has 0 aromatic rings. The Hall–Kier alpha value is -0.530. The minimum absolute atomic E-state index is 0.120. The second kappa shape index (κ2) is 3.69. The summed E-state index contributed by atoms with van der Waals surface area (Å²) >= 11 is 0. The summed E-state index contributed by atoms with van der Waals surface area (Å²) in [6.45, 7) is 14.2. The van der Waals surface area contributed by atoms with Gasteiger partial charge in [0, 0.05) is 11.5 Å². The van der Waals surface area contributed by atoms with E-state index in [9.17, 15) is 4.79 Å². The fourth-order valence-electron chi connectivity index (χ4n) is 0.630. The van der Waals surface area contributed by atoms with Crippen molar-refractivity contribution in [3.8, 4) is 0 Å². The van der Waals surface area contributed by atoms with Gasteiger partial charge in [-0.2, -0.15) is 0 Å². The Kier molecular flexibility index (Phi) is 3.54. The van der Waals surface area contributed by atoms with E-state index in [1.807, 2.05) is 27.7 Å². The van der Waals surface area contributed by atoms with Crippen LogP contribution < -0.4 is 5.32 Å². The van der Waals surface area contributed by atoms with Gasteiger partial charge in [0.2, 0.25) is 5.91 Å². The molecule has 0 unspecified atom stereocenters. The lowest BCUT2D eigenvalue weighted by Crippen LogP contribution is -2.46. The van der Waals surface area contributed by atoms with Crippen LogP contribution in [0.2, 0.25) is 0 Å². The standard InChI is InChI=1S/C11H23NO/c1-8(10(2,3)4)12-9(13)11(5,6)7/h8H,1-7H3,(H,12,13)/t8-/m1/s1. The van der Waals surface area contributed by atoms with Gasteiger partial charge in [-0.3, -0.25) is 4.79 Å². The highest BCUT2D eigenvalue weighted by Gasteiger charge is 2.27. The lowest BCUT2D eigenvalue weighted by molar-refractivity contribution is -0.129. The maximum Gasteiger partial charge on any atom is 0.225 e. The molecule has 1 amide bonds. The summed E-state index contributed by atoms with van der Waals surface area (Å²) in [5.41, 5.74) is -0.166. The average Bonchev–Trinajstić information content (AvgIpc) is 1.82. The Morgan fingerprint density at radius 1 is 1.08 bits per heavy atom. The molecular weight excluding hydrogens is 162 g/mol. The molecule has 1 N–H and O–H groups in total. The zero-order valence-electron chi connectivity index (χ0n) is 9.99. The van der Waals surface area contributed by atoms with E-state index in [0.29, 0.717) is 0 Å². The Morgan fingerprint density at radius 2 is 1.46 bits per heavy atom. The molecule has 0 aromatic carbocycles. The molecule has 13 heavy (non-hydrogen) atoms. The Morgan fingerprint density at radius 3 is 1.69 bits per heavy atom. The van der Waals surface area contributed by atoms with Crippen molar-refractivity contribution in [1.82, 2.24) is 5.32 Å². The van der Waals surface area contributed by atoms with Crippen molar-refractivity contribution in [2.24, 2.45) is 10.8 Å². The van der Waals surface area contributed by atoms with E-state index < -0.39 is 0 Å². The van der Waals surface area contributed by atoms with Crippen molar-refractivity contribution >= 4 is 5.91 Å². The van der Waals surface area contributed by atoms with Crippen LogP contribution in [0.4, 0.5) is 0 Å². The second-order valence-corrected chi connectivity index (χ2v) is 5.81. The van der Waals surface area contributed by atoms with Gasteiger partial charge in [-0.1, -0.05) is 41.5 Å².